The number of esters is 1. The van der Waals surface area contributed by atoms with Crippen LogP contribution in [0.3, 0.4) is 0 Å². The normalized spacial score (nSPS) is 22.4. The zero-order chi connectivity index (χ0) is 20.6. The third-order valence-electron chi connectivity index (χ3n) is 5.85. The summed E-state index contributed by atoms with van der Waals surface area (Å²) in [6.07, 6.45) is 7.26. The fraction of sp³-hybridized carbons (Fsp3) is 0.273. The molecule has 1 N–H and O–H groups in total. The minimum absolute atomic E-state index is 0.144. The molecule has 3 heterocycles. The lowest BCUT2D eigenvalue weighted by atomic mass is 9.75. The van der Waals surface area contributed by atoms with Crippen molar-refractivity contribution in [3.63, 3.8) is 0 Å². The molecule has 30 heavy (non-hydrogen) atoms. The molecular weight excluding hydrogens is 382 g/mol. The number of hydrogen-bond donors (Lipinski definition) is 1. The van der Waals surface area contributed by atoms with E-state index in [0.29, 0.717) is 36.9 Å². The number of carbonyl (C=O) groups is 2. The maximum Gasteiger partial charge on any atom is 0.339 e. The van der Waals surface area contributed by atoms with Crippen LogP contribution in [-0.2, 0) is 15.1 Å². The SMILES string of the molecule is O=C1O[C@]2(CC[C@@H](C(=O)Nc3ncc(-c4ccccc4)nn3)CC2)c2cnccc21. The average molecular weight is 401 g/mol. The molecule has 1 aliphatic heterocycles. The van der Waals surface area contributed by atoms with Gasteiger partial charge in [-0.1, -0.05) is 30.3 Å². The van der Waals surface area contributed by atoms with E-state index in [1.807, 2.05) is 30.3 Å². The van der Waals surface area contributed by atoms with Crippen LogP contribution in [0.5, 0.6) is 0 Å². The molecule has 0 bridgehead atoms. The minimum atomic E-state index is -0.660. The molecule has 2 aromatic heterocycles. The van der Waals surface area contributed by atoms with E-state index in [2.05, 4.69) is 25.5 Å². The number of benzene rings is 1. The van der Waals surface area contributed by atoms with Crippen molar-refractivity contribution in [1.82, 2.24) is 20.2 Å². The molecule has 150 valence electrons. The van der Waals surface area contributed by atoms with Gasteiger partial charge in [-0.05, 0) is 31.7 Å². The van der Waals surface area contributed by atoms with Crippen molar-refractivity contribution >= 4 is 17.8 Å². The number of amides is 1. The van der Waals surface area contributed by atoms with Crippen molar-refractivity contribution in [2.75, 3.05) is 5.32 Å². The monoisotopic (exact) mass is 401 g/mol. The fourth-order valence-corrected chi connectivity index (χ4v) is 4.23. The zero-order valence-corrected chi connectivity index (χ0v) is 16.1. The molecule has 1 aromatic carbocycles. The number of rotatable bonds is 3. The third-order valence-corrected chi connectivity index (χ3v) is 5.85. The Hall–Kier alpha value is -3.68. The highest BCUT2D eigenvalue weighted by atomic mass is 16.6. The van der Waals surface area contributed by atoms with E-state index in [-0.39, 0.29) is 23.7 Å². The lowest BCUT2D eigenvalue weighted by Crippen LogP contribution is -2.36. The van der Waals surface area contributed by atoms with Gasteiger partial charge in [0.05, 0.1) is 11.8 Å². The summed E-state index contributed by atoms with van der Waals surface area (Å²) in [5, 5.41) is 10.9. The van der Waals surface area contributed by atoms with Crippen LogP contribution in [0.15, 0.2) is 55.0 Å². The number of pyridine rings is 1. The summed E-state index contributed by atoms with van der Waals surface area (Å²) in [6.45, 7) is 0. The summed E-state index contributed by atoms with van der Waals surface area (Å²) >= 11 is 0. The number of anilines is 1. The second kappa shape index (κ2) is 7.29. The van der Waals surface area contributed by atoms with Gasteiger partial charge in [-0.3, -0.25) is 15.1 Å². The van der Waals surface area contributed by atoms with Crippen LogP contribution in [-0.4, -0.2) is 32.0 Å². The van der Waals surface area contributed by atoms with Gasteiger partial charge in [0.1, 0.15) is 11.3 Å². The van der Waals surface area contributed by atoms with Gasteiger partial charge in [0.25, 0.3) is 0 Å². The highest BCUT2D eigenvalue weighted by molar-refractivity contribution is 5.95. The van der Waals surface area contributed by atoms with Gasteiger partial charge in [0, 0.05) is 29.4 Å². The topological polar surface area (TPSA) is 107 Å². The molecule has 5 rings (SSSR count). The Balaban J connectivity index is 1.23. The molecule has 2 aliphatic rings. The Morgan fingerprint density at radius 3 is 2.60 bits per heavy atom. The van der Waals surface area contributed by atoms with Crippen LogP contribution >= 0.6 is 0 Å². The molecule has 1 spiro atoms. The molecule has 3 aromatic rings. The Kier molecular flexibility index (Phi) is 4.46. The van der Waals surface area contributed by atoms with E-state index < -0.39 is 5.60 Å². The highest BCUT2D eigenvalue weighted by Crippen LogP contribution is 2.47. The molecule has 0 atom stereocenters. The van der Waals surface area contributed by atoms with Crippen LogP contribution in [0.4, 0.5) is 5.95 Å². The number of fused-ring (bicyclic) bond motifs is 2. The summed E-state index contributed by atoms with van der Waals surface area (Å²) in [6, 6.07) is 11.3. The van der Waals surface area contributed by atoms with Crippen molar-refractivity contribution in [2.45, 2.75) is 31.3 Å². The molecule has 1 saturated carbocycles. The Morgan fingerprint density at radius 2 is 1.87 bits per heavy atom. The van der Waals surface area contributed by atoms with E-state index >= 15 is 0 Å². The van der Waals surface area contributed by atoms with Gasteiger partial charge in [-0.2, -0.15) is 0 Å². The van der Waals surface area contributed by atoms with Crippen molar-refractivity contribution < 1.29 is 14.3 Å². The molecule has 0 saturated heterocycles. The molecule has 1 amide bonds. The number of aromatic nitrogens is 4. The van der Waals surface area contributed by atoms with Crippen molar-refractivity contribution in [1.29, 1.82) is 0 Å². The van der Waals surface area contributed by atoms with Gasteiger partial charge in [-0.25, -0.2) is 9.78 Å². The molecular formula is C22H19N5O3. The maximum absolute atomic E-state index is 12.7. The Bertz CT molecular complexity index is 1090. The number of nitrogens with one attached hydrogen (secondary N) is 1. The fourth-order valence-electron chi connectivity index (χ4n) is 4.23. The van der Waals surface area contributed by atoms with Gasteiger partial charge in [0.15, 0.2) is 0 Å². The van der Waals surface area contributed by atoms with Crippen molar-refractivity contribution in [3.8, 4) is 11.3 Å². The van der Waals surface area contributed by atoms with Crippen LogP contribution in [0.2, 0.25) is 0 Å². The van der Waals surface area contributed by atoms with Crippen molar-refractivity contribution in [2.24, 2.45) is 5.92 Å². The number of ether oxygens (including phenoxy) is 1. The van der Waals surface area contributed by atoms with Crippen LogP contribution in [0.25, 0.3) is 11.3 Å². The van der Waals surface area contributed by atoms with Crippen LogP contribution in [0.1, 0.15) is 41.6 Å². The van der Waals surface area contributed by atoms with E-state index in [1.54, 1.807) is 24.7 Å². The predicted molar refractivity (Wildman–Crippen MR) is 107 cm³/mol. The zero-order valence-electron chi connectivity index (χ0n) is 16.1. The van der Waals surface area contributed by atoms with Crippen LogP contribution < -0.4 is 5.32 Å². The quantitative estimate of drug-likeness (QED) is 0.672. The first kappa shape index (κ1) is 18.4. The van der Waals surface area contributed by atoms with E-state index in [4.69, 9.17) is 4.74 Å². The minimum Gasteiger partial charge on any atom is -0.450 e. The maximum atomic E-state index is 12.7. The third kappa shape index (κ3) is 3.20. The smallest absolute Gasteiger partial charge is 0.339 e. The standard InChI is InChI=1S/C22H19N5O3/c28-19(25-21-24-13-18(26-27-21)14-4-2-1-3-5-14)15-6-9-22(10-7-15)17-12-23-11-8-16(17)20(29)30-22/h1-5,8,11-13,15H,6-7,9-10H2,(H,24,25,27,28)/t15-,22+. The lowest BCUT2D eigenvalue weighted by molar-refractivity contribution is -0.122. The first-order chi connectivity index (χ1) is 14.6. The molecule has 1 fully saturated rings. The van der Waals surface area contributed by atoms with E-state index in [9.17, 15) is 9.59 Å². The molecule has 8 nitrogen and oxygen atoms in total. The second-order valence-electron chi connectivity index (χ2n) is 7.60. The molecule has 0 unspecified atom stereocenters. The Morgan fingerprint density at radius 1 is 1.07 bits per heavy atom. The number of carbonyl (C=O) groups excluding carboxylic acids is 2. The summed E-state index contributed by atoms with van der Waals surface area (Å²) in [5.74, 6) is -0.475. The number of nitrogens with zero attached hydrogens (tertiary/aromatic N) is 4. The Labute approximate surface area is 172 Å². The van der Waals surface area contributed by atoms with Gasteiger partial charge >= 0.3 is 5.97 Å². The number of hydrogen-bond acceptors (Lipinski definition) is 7. The first-order valence-electron chi connectivity index (χ1n) is 9.88. The first-order valence-corrected chi connectivity index (χ1v) is 9.88. The average Bonchev–Trinajstić information content (AvgIpc) is 3.07. The van der Waals surface area contributed by atoms with E-state index in [1.165, 1.54) is 0 Å². The van der Waals surface area contributed by atoms with Crippen molar-refractivity contribution in [3.05, 3.63) is 66.1 Å². The molecule has 0 radical (unpaired) electrons. The molecule has 1 aliphatic carbocycles. The highest BCUT2D eigenvalue weighted by Gasteiger charge is 2.48. The summed E-state index contributed by atoms with van der Waals surface area (Å²) in [5.41, 5.74) is 2.30. The summed E-state index contributed by atoms with van der Waals surface area (Å²) in [4.78, 5) is 33.2. The lowest BCUT2D eigenvalue weighted by Gasteiger charge is -2.35. The van der Waals surface area contributed by atoms with Crippen LogP contribution in [0, 0.1) is 5.92 Å². The van der Waals surface area contributed by atoms with Gasteiger partial charge in [-0.15, -0.1) is 10.2 Å². The van der Waals surface area contributed by atoms with E-state index in [0.717, 1.165) is 11.1 Å². The molecule has 8 heteroatoms. The predicted octanol–water partition coefficient (Wildman–Crippen LogP) is 3.13. The summed E-state index contributed by atoms with van der Waals surface area (Å²) in [7, 11) is 0. The van der Waals surface area contributed by atoms with Gasteiger partial charge in [0.2, 0.25) is 11.9 Å². The second-order valence-corrected chi connectivity index (χ2v) is 7.60. The summed E-state index contributed by atoms with van der Waals surface area (Å²) < 4.78 is 5.72. The van der Waals surface area contributed by atoms with Gasteiger partial charge < -0.3 is 4.74 Å². The largest absolute Gasteiger partial charge is 0.450 e.